The van der Waals surface area contributed by atoms with Gasteiger partial charge in [0.05, 0.1) is 11.3 Å². The number of likely N-dealkylation sites (tertiary alicyclic amines) is 1. The summed E-state index contributed by atoms with van der Waals surface area (Å²) in [5.41, 5.74) is 3.77. The van der Waals surface area contributed by atoms with Crippen LogP contribution < -0.4 is 10.6 Å². The van der Waals surface area contributed by atoms with E-state index >= 15 is 0 Å². The first-order valence-corrected chi connectivity index (χ1v) is 10.5. The third-order valence-corrected chi connectivity index (χ3v) is 5.85. The first-order chi connectivity index (χ1) is 14.7. The zero-order valence-electron chi connectivity index (χ0n) is 19.0. The van der Waals surface area contributed by atoms with Gasteiger partial charge in [0.2, 0.25) is 0 Å². The van der Waals surface area contributed by atoms with E-state index in [9.17, 15) is 13.2 Å². The van der Waals surface area contributed by atoms with Gasteiger partial charge in [-0.05, 0) is 49.9 Å². The van der Waals surface area contributed by atoms with Gasteiger partial charge in [-0.15, -0.1) is 24.0 Å². The van der Waals surface area contributed by atoms with Gasteiger partial charge in [0.1, 0.15) is 0 Å². The number of aryl methyl sites for hydroxylation is 2. The van der Waals surface area contributed by atoms with Crippen molar-refractivity contribution >= 4 is 29.9 Å². The highest BCUT2D eigenvalue weighted by atomic mass is 127. The molecule has 1 fully saturated rings. The van der Waals surface area contributed by atoms with Crippen LogP contribution in [-0.4, -0.2) is 53.4 Å². The van der Waals surface area contributed by atoms with E-state index in [0.717, 1.165) is 61.8 Å². The van der Waals surface area contributed by atoms with E-state index in [-0.39, 0.29) is 30.0 Å². The maximum Gasteiger partial charge on any atom is 0.416 e. The minimum atomic E-state index is -4.29. The van der Waals surface area contributed by atoms with Crippen molar-refractivity contribution in [2.24, 2.45) is 12.0 Å². The van der Waals surface area contributed by atoms with E-state index in [2.05, 4.69) is 32.5 Å². The van der Waals surface area contributed by atoms with Gasteiger partial charge < -0.3 is 10.6 Å². The maximum absolute atomic E-state index is 12.7. The molecule has 2 N–H and O–H groups in total. The van der Waals surface area contributed by atoms with E-state index in [4.69, 9.17) is 0 Å². The average molecular weight is 564 g/mol. The zero-order valence-corrected chi connectivity index (χ0v) is 21.3. The summed E-state index contributed by atoms with van der Waals surface area (Å²) in [5, 5.41) is 11.3. The van der Waals surface area contributed by atoms with E-state index in [0.29, 0.717) is 6.54 Å². The predicted octanol–water partition coefficient (Wildman–Crippen LogP) is 3.66. The van der Waals surface area contributed by atoms with Crippen molar-refractivity contribution < 1.29 is 13.2 Å². The molecule has 178 valence electrons. The SMILES string of the molecule is CN=C(NCCc1c(C)nn(C)c1C)NC1CCN(Cc2ccc(C(F)(F)F)cc2)C1.I. The van der Waals surface area contributed by atoms with Crippen molar-refractivity contribution in [3.05, 3.63) is 52.3 Å². The minimum Gasteiger partial charge on any atom is -0.356 e. The van der Waals surface area contributed by atoms with Crippen LogP contribution in [0.25, 0.3) is 0 Å². The smallest absolute Gasteiger partial charge is 0.356 e. The second-order valence-corrected chi connectivity index (χ2v) is 8.08. The fraction of sp³-hybridized carbons (Fsp3) is 0.545. The van der Waals surface area contributed by atoms with Gasteiger partial charge in [-0.1, -0.05) is 12.1 Å². The molecule has 1 saturated heterocycles. The third-order valence-electron chi connectivity index (χ3n) is 5.85. The van der Waals surface area contributed by atoms with Gasteiger partial charge in [0, 0.05) is 52.0 Å². The summed E-state index contributed by atoms with van der Waals surface area (Å²) >= 11 is 0. The molecule has 0 saturated carbocycles. The molecule has 1 aliphatic rings. The number of hydrogen-bond acceptors (Lipinski definition) is 3. The van der Waals surface area contributed by atoms with Crippen LogP contribution in [0.3, 0.4) is 0 Å². The molecular weight excluding hydrogens is 532 g/mol. The summed E-state index contributed by atoms with van der Waals surface area (Å²) in [6.07, 6.45) is -2.46. The molecule has 6 nitrogen and oxygen atoms in total. The quantitative estimate of drug-likeness (QED) is 0.320. The summed E-state index contributed by atoms with van der Waals surface area (Å²) in [5.74, 6) is 0.764. The number of nitrogens with one attached hydrogen (secondary N) is 2. The Labute approximate surface area is 204 Å². The molecule has 1 aromatic carbocycles. The lowest BCUT2D eigenvalue weighted by Gasteiger charge is -2.19. The van der Waals surface area contributed by atoms with Crippen LogP contribution in [0.2, 0.25) is 0 Å². The topological polar surface area (TPSA) is 57.5 Å². The molecule has 3 rings (SSSR count). The number of guanidine groups is 1. The molecule has 0 radical (unpaired) electrons. The van der Waals surface area contributed by atoms with Gasteiger partial charge in [-0.2, -0.15) is 18.3 Å². The highest BCUT2D eigenvalue weighted by Gasteiger charge is 2.30. The molecule has 32 heavy (non-hydrogen) atoms. The van der Waals surface area contributed by atoms with Gasteiger partial charge in [0.25, 0.3) is 0 Å². The summed E-state index contributed by atoms with van der Waals surface area (Å²) in [6.45, 7) is 7.22. The van der Waals surface area contributed by atoms with Gasteiger partial charge in [-0.3, -0.25) is 14.6 Å². The van der Waals surface area contributed by atoms with Crippen molar-refractivity contribution in [2.45, 2.75) is 45.5 Å². The van der Waals surface area contributed by atoms with E-state index < -0.39 is 11.7 Å². The summed E-state index contributed by atoms with van der Waals surface area (Å²) < 4.78 is 40.1. The number of benzene rings is 1. The molecule has 1 unspecified atom stereocenters. The monoisotopic (exact) mass is 564 g/mol. The molecule has 0 bridgehead atoms. The van der Waals surface area contributed by atoms with Crippen LogP contribution in [0.4, 0.5) is 13.2 Å². The van der Waals surface area contributed by atoms with Crippen LogP contribution in [-0.2, 0) is 26.2 Å². The summed E-state index contributed by atoms with van der Waals surface area (Å²) in [6, 6.07) is 5.68. The second-order valence-electron chi connectivity index (χ2n) is 8.08. The molecule has 2 aromatic rings. The van der Waals surface area contributed by atoms with Crippen molar-refractivity contribution in [3.8, 4) is 0 Å². The lowest BCUT2D eigenvalue weighted by atomic mass is 10.1. The van der Waals surface area contributed by atoms with E-state index in [1.807, 2.05) is 18.7 Å². The molecule has 1 atom stereocenters. The number of halogens is 4. The van der Waals surface area contributed by atoms with Crippen LogP contribution in [0, 0.1) is 13.8 Å². The molecule has 0 aliphatic carbocycles. The van der Waals surface area contributed by atoms with Crippen LogP contribution >= 0.6 is 24.0 Å². The zero-order chi connectivity index (χ0) is 22.6. The van der Waals surface area contributed by atoms with Crippen molar-refractivity contribution in [2.75, 3.05) is 26.7 Å². The molecule has 10 heteroatoms. The van der Waals surface area contributed by atoms with Crippen LogP contribution in [0.1, 0.15) is 34.5 Å². The van der Waals surface area contributed by atoms with E-state index in [1.165, 1.54) is 11.3 Å². The van der Waals surface area contributed by atoms with Crippen LogP contribution in [0.15, 0.2) is 29.3 Å². The highest BCUT2D eigenvalue weighted by Crippen LogP contribution is 2.29. The maximum atomic E-state index is 12.7. The molecule has 1 aliphatic heterocycles. The summed E-state index contributed by atoms with van der Waals surface area (Å²) in [7, 11) is 3.71. The van der Waals surface area contributed by atoms with Crippen LogP contribution in [0.5, 0.6) is 0 Å². The van der Waals surface area contributed by atoms with Gasteiger partial charge in [0.15, 0.2) is 5.96 Å². The van der Waals surface area contributed by atoms with Gasteiger partial charge in [-0.25, -0.2) is 0 Å². The lowest BCUT2D eigenvalue weighted by molar-refractivity contribution is -0.137. The van der Waals surface area contributed by atoms with Gasteiger partial charge >= 0.3 is 6.18 Å². The fourth-order valence-electron chi connectivity index (χ4n) is 4.02. The second kappa shape index (κ2) is 11.4. The fourth-order valence-corrected chi connectivity index (χ4v) is 4.02. The Morgan fingerprint density at radius 1 is 1.22 bits per heavy atom. The third kappa shape index (κ3) is 6.84. The first-order valence-electron chi connectivity index (χ1n) is 10.5. The molecule has 0 spiro atoms. The Kier molecular flexibility index (Phi) is 9.38. The first kappa shape index (κ1) is 26.4. The lowest BCUT2D eigenvalue weighted by Crippen LogP contribution is -2.45. The molecule has 2 heterocycles. The van der Waals surface area contributed by atoms with Crippen molar-refractivity contribution in [1.82, 2.24) is 25.3 Å². The molecule has 0 amide bonds. The Hall–Kier alpha value is -1.82. The Bertz CT molecular complexity index is 908. The molecule has 1 aromatic heterocycles. The number of aliphatic imine (C=N–C) groups is 1. The number of alkyl halides is 3. The summed E-state index contributed by atoms with van der Waals surface area (Å²) in [4.78, 5) is 6.57. The largest absolute Gasteiger partial charge is 0.416 e. The minimum absolute atomic E-state index is 0. The number of nitrogens with zero attached hydrogens (tertiary/aromatic N) is 4. The number of hydrogen-bond donors (Lipinski definition) is 2. The highest BCUT2D eigenvalue weighted by molar-refractivity contribution is 14.0. The van der Waals surface area contributed by atoms with E-state index in [1.54, 1.807) is 19.2 Å². The normalized spacial score (nSPS) is 17.3. The Morgan fingerprint density at radius 2 is 1.91 bits per heavy atom. The molecular formula is C22H32F3IN6. The Balaban J connectivity index is 0.00000363. The average Bonchev–Trinajstić information content (AvgIpc) is 3.25. The predicted molar refractivity (Wildman–Crippen MR) is 131 cm³/mol. The Morgan fingerprint density at radius 3 is 2.47 bits per heavy atom. The number of rotatable bonds is 6. The number of aromatic nitrogens is 2. The van der Waals surface area contributed by atoms with Crippen molar-refractivity contribution in [3.63, 3.8) is 0 Å². The standard InChI is InChI=1S/C22H31F3N6.HI/c1-15-20(16(2)30(4)29-15)9-11-27-21(26-3)28-19-10-12-31(14-19)13-17-5-7-18(8-6-17)22(23,24)25;/h5-8,19H,9-14H2,1-4H3,(H2,26,27,28);1H. The van der Waals surface area contributed by atoms with Crippen molar-refractivity contribution in [1.29, 1.82) is 0 Å².